The summed E-state index contributed by atoms with van der Waals surface area (Å²) in [6.45, 7) is -0.801. The summed E-state index contributed by atoms with van der Waals surface area (Å²) >= 11 is 1.48. The lowest BCUT2D eigenvalue weighted by molar-refractivity contribution is -0.0494. The van der Waals surface area contributed by atoms with Crippen LogP contribution in [0.2, 0.25) is 0 Å². The number of halogens is 3. The highest BCUT2D eigenvalue weighted by Gasteiger charge is 2.20. The maximum Gasteiger partial charge on any atom is 0.387 e. The standard InChI is InChI=1S/C14H14F2N2O2S.ClH/c15-14(16)20-12-4-2-1-3-9(12)11-8-21-13(18-11)10-7-19-6-5-17-10;/h1-4,8,10,14,17H,5-7H2;1H. The molecule has 1 unspecified atom stereocenters. The van der Waals surface area contributed by atoms with Gasteiger partial charge in [0.2, 0.25) is 0 Å². The number of para-hydroxylation sites is 1. The number of thiazole rings is 1. The lowest BCUT2D eigenvalue weighted by Gasteiger charge is -2.21. The van der Waals surface area contributed by atoms with Crippen LogP contribution in [0.5, 0.6) is 5.75 Å². The fourth-order valence-corrected chi connectivity index (χ4v) is 3.05. The molecule has 1 saturated heterocycles. The molecule has 0 aliphatic carbocycles. The number of morpholine rings is 1. The molecule has 120 valence electrons. The summed E-state index contributed by atoms with van der Waals surface area (Å²) in [6.07, 6.45) is 0. The van der Waals surface area contributed by atoms with Gasteiger partial charge < -0.3 is 14.8 Å². The summed E-state index contributed by atoms with van der Waals surface area (Å²) < 4.78 is 34.8. The maximum atomic E-state index is 12.4. The van der Waals surface area contributed by atoms with Crippen molar-refractivity contribution in [2.24, 2.45) is 0 Å². The van der Waals surface area contributed by atoms with Gasteiger partial charge in [-0.2, -0.15) is 8.78 Å². The van der Waals surface area contributed by atoms with Gasteiger partial charge in [-0.1, -0.05) is 12.1 Å². The van der Waals surface area contributed by atoms with Crippen LogP contribution in [0.1, 0.15) is 11.0 Å². The molecule has 1 aromatic heterocycles. The van der Waals surface area contributed by atoms with E-state index in [9.17, 15) is 8.78 Å². The fourth-order valence-electron chi connectivity index (χ4n) is 2.17. The minimum atomic E-state index is -2.85. The molecule has 1 aliphatic heterocycles. The Hall–Kier alpha value is -1.28. The van der Waals surface area contributed by atoms with E-state index in [4.69, 9.17) is 4.74 Å². The second kappa shape index (κ2) is 7.82. The number of rotatable bonds is 4. The molecule has 3 rings (SSSR count). The lowest BCUT2D eigenvalue weighted by atomic mass is 10.1. The summed E-state index contributed by atoms with van der Waals surface area (Å²) in [5.41, 5.74) is 1.20. The summed E-state index contributed by atoms with van der Waals surface area (Å²) in [5.74, 6) is 0.136. The zero-order chi connectivity index (χ0) is 14.7. The van der Waals surface area contributed by atoms with Gasteiger partial charge in [0.15, 0.2) is 0 Å². The number of nitrogens with one attached hydrogen (secondary N) is 1. The molecule has 22 heavy (non-hydrogen) atoms. The first kappa shape index (κ1) is 17.1. The summed E-state index contributed by atoms with van der Waals surface area (Å²) in [5, 5.41) is 6.05. The van der Waals surface area contributed by atoms with E-state index in [0.29, 0.717) is 24.5 Å². The van der Waals surface area contributed by atoms with Gasteiger partial charge in [0, 0.05) is 17.5 Å². The predicted molar refractivity (Wildman–Crippen MR) is 83.0 cm³/mol. The van der Waals surface area contributed by atoms with E-state index in [1.54, 1.807) is 18.2 Å². The molecule has 1 N–H and O–H groups in total. The molecule has 0 saturated carbocycles. The van der Waals surface area contributed by atoms with Crippen LogP contribution in [0, 0.1) is 0 Å². The van der Waals surface area contributed by atoms with Crippen molar-refractivity contribution >= 4 is 23.7 Å². The number of nitrogens with zero attached hydrogens (tertiary/aromatic N) is 1. The van der Waals surface area contributed by atoms with Gasteiger partial charge in [0.25, 0.3) is 0 Å². The van der Waals surface area contributed by atoms with E-state index in [1.807, 2.05) is 5.38 Å². The van der Waals surface area contributed by atoms with Gasteiger partial charge in [-0.25, -0.2) is 4.98 Å². The van der Waals surface area contributed by atoms with Crippen LogP contribution >= 0.6 is 23.7 Å². The Balaban J connectivity index is 0.00000176. The smallest absolute Gasteiger partial charge is 0.387 e. The van der Waals surface area contributed by atoms with Gasteiger partial charge in [0.1, 0.15) is 10.8 Å². The molecule has 2 heterocycles. The summed E-state index contributed by atoms with van der Waals surface area (Å²) in [7, 11) is 0. The molecule has 2 aromatic rings. The van der Waals surface area contributed by atoms with E-state index < -0.39 is 6.61 Å². The summed E-state index contributed by atoms with van der Waals surface area (Å²) in [6, 6.07) is 6.73. The lowest BCUT2D eigenvalue weighted by Crippen LogP contribution is -2.34. The van der Waals surface area contributed by atoms with Crippen LogP contribution in [-0.2, 0) is 4.74 Å². The Labute approximate surface area is 136 Å². The third kappa shape index (κ3) is 3.92. The topological polar surface area (TPSA) is 43.4 Å². The van der Waals surface area contributed by atoms with Crippen molar-refractivity contribution < 1.29 is 18.3 Å². The van der Waals surface area contributed by atoms with Crippen molar-refractivity contribution in [1.29, 1.82) is 0 Å². The minimum absolute atomic E-state index is 0. The first-order chi connectivity index (χ1) is 10.2. The second-order valence-corrected chi connectivity index (χ2v) is 5.42. The number of hydrogen-bond acceptors (Lipinski definition) is 5. The number of hydrogen-bond donors (Lipinski definition) is 1. The molecule has 1 atom stereocenters. The minimum Gasteiger partial charge on any atom is -0.434 e. The number of ether oxygens (including phenoxy) is 2. The number of benzene rings is 1. The van der Waals surface area contributed by atoms with Gasteiger partial charge in [0.05, 0.1) is 24.9 Å². The van der Waals surface area contributed by atoms with Crippen LogP contribution in [0.25, 0.3) is 11.3 Å². The first-order valence-corrected chi connectivity index (χ1v) is 7.43. The largest absolute Gasteiger partial charge is 0.434 e. The van der Waals surface area contributed by atoms with E-state index in [-0.39, 0.29) is 24.2 Å². The Kier molecular flexibility index (Phi) is 6.07. The molecule has 1 fully saturated rings. The predicted octanol–water partition coefficient (Wildman–Crippen LogP) is 3.49. The Morgan fingerprint density at radius 2 is 2.18 bits per heavy atom. The summed E-state index contributed by atoms with van der Waals surface area (Å²) in [4.78, 5) is 4.52. The van der Waals surface area contributed by atoms with Crippen LogP contribution in [0.3, 0.4) is 0 Å². The van der Waals surface area contributed by atoms with Crippen LogP contribution in [-0.4, -0.2) is 31.4 Å². The van der Waals surface area contributed by atoms with Gasteiger partial charge >= 0.3 is 6.61 Å². The highest BCUT2D eigenvalue weighted by molar-refractivity contribution is 7.10. The zero-order valence-corrected chi connectivity index (χ0v) is 13.1. The zero-order valence-electron chi connectivity index (χ0n) is 11.5. The average Bonchev–Trinajstić information content (AvgIpc) is 2.98. The quantitative estimate of drug-likeness (QED) is 0.918. The number of aromatic nitrogens is 1. The third-order valence-electron chi connectivity index (χ3n) is 3.12. The monoisotopic (exact) mass is 348 g/mol. The molecule has 4 nitrogen and oxygen atoms in total. The molecule has 0 spiro atoms. The molecule has 0 bridgehead atoms. The Bertz CT molecular complexity index is 606. The van der Waals surface area contributed by atoms with Crippen molar-refractivity contribution in [2.45, 2.75) is 12.7 Å². The average molecular weight is 349 g/mol. The van der Waals surface area contributed by atoms with Gasteiger partial charge in [-0.3, -0.25) is 0 Å². The van der Waals surface area contributed by atoms with Crippen molar-refractivity contribution in [1.82, 2.24) is 10.3 Å². The van der Waals surface area contributed by atoms with Gasteiger partial charge in [-0.15, -0.1) is 23.7 Å². The molecule has 1 aliphatic rings. The highest BCUT2D eigenvalue weighted by atomic mass is 35.5. The SMILES string of the molecule is Cl.FC(F)Oc1ccccc1-c1csc(C2COCCN2)n1. The molecule has 0 amide bonds. The van der Waals surface area contributed by atoms with Crippen LogP contribution < -0.4 is 10.1 Å². The molecular weight excluding hydrogens is 334 g/mol. The second-order valence-electron chi connectivity index (χ2n) is 4.53. The van der Waals surface area contributed by atoms with Crippen molar-refractivity contribution in [3.8, 4) is 17.0 Å². The fraction of sp³-hybridized carbons (Fsp3) is 0.357. The Morgan fingerprint density at radius 3 is 2.91 bits per heavy atom. The molecular formula is C14H15ClF2N2O2S. The normalized spacial score (nSPS) is 18.0. The van der Waals surface area contributed by atoms with Crippen molar-refractivity contribution in [2.75, 3.05) is 19.8 Å². The van der Waals surface area contributed by atoms with E-state index >= 15 is 0 Å². The molecule has 1 aromatic carbocycles. The maximum absolute atomic E-state index is 12.4. The van der Waals surface area contributed by atoms with E-state index in [0.717, 1.165) is 11.6 Å². The van der Waals surface area contributed by atoms with Crippen molar-refractivity contribution in [3.63, 3.8) is 0 Å². The third-order valence-corrected chi connectivity index (χ3v) is 4.08. The molecule has 8 heteroatoms. The van der Waals surface area contributed by atoms with Gasteiger partial charge in [-0.05, 0) is 12.1 Å². The number of alkyl halides is 2. The first-order valence-electron chi connectivity index (χ1n) is 6.55. The Morgan fingerprint density at radius 1 is 1.36 bits per heavy atom. The van der Waals surface area contributed by atoms with Crippen LogP contribution in [0.15, 0.2) is 29.6 Å². The van der Waals surface area contributed by atoms with Crippen molar-refractivity contribution in [3.05, 3.63) is 34.7 Å². The molecule has 0 radical (unpaired) electrons. The highest BCUT2D eigenvalue weighted by Crippen LogP contribution is 2.33. The van der Waals surface area contributed by atoms with E-state index in [2.05, 4.69) is 15.0 Å². The van der Waals surface area contributed by atoms with Crippen LogP contribution in [0.4, 0.5) is 8.78 Å². The van der Waals surface area contributed by atoms with E-state index in [1.165, 1.54) is 17.4 Å².